The van der Waals surface area contributed by atoms with Gasteiger partial charge in [0.1, 0.15) is 35.7 Å². The zero-order valence-electron chi connectivity index (χ0n) is 17.2. The van der Waals surface area contributed by atoms with E-state index < -0.39 is 17.2 Å². The molecule has 6 nitrogen and oxygen atoms in total. The minimum atomic E-state index is -1.80. The number of hydrogen-bond acceptors (Lipinski definition) is 4. The zero-order chi connectivity index (χ0) is 23.0. The third-order valence-corrected chi connectivity index (χ3v) is 5.75. The molecule has 1 atom stereocenters. The second kappa shape index (κ2) is 8.38. The van der Waals surface area contributed by atoms with Gasteiger partial charge in [-0.15, -0.1) is 0 Å². The molecule has 0 aliphatic rings. The predicted octanol–water partition coefficient (Wildman–Crippen LogP) is 4.81. The maximum Gasteiger partial charge on any atom is 0.141 e. The summed E-state index contributed by atoms with van der Waals surface area (Å²) in [5, 5.41) is 16.5. The molecule has 33 heavy (non-hydrogen) atoms. The summed E-state index contributed by atoms with van der Waals surface area (Å²) >= 11 is 6.06. The van der Waals surface area contributed by atoms with Crippen molar-refractivity contribution in [1.82, 2.24) is 24.3 Å². The Kier molecular flexibility index (Phi) is 5.39. The predicted molar refractivity (Wildman–Crippen MR) is 120 cm³/mol. The summed E-state index contributed by atoms with van der Waals surface area (Å²) in [7, 11) is 0. The van der Waals surface area contributed by atoms with Crippen LogP contribution in [-0.2, 0) is 18.7 Å². The molecule has 1 N–H and O–H groups in total. The van der Waals surface area contributed by atoms with Gasteiger partial charge in [0.15, 0.2) is 0 Å². The van der Waals surface area contributed by atoms with Gasteiger partial charge in [0, 0.05) is 22.2 Å². The summed E-state index contributed by atoms with van der Waals surface area (Å²) in [6.45, 7) is -0.185. The summed E-state index contributed by atoms with van der Waals surface area (Å²) in [6, 6.07) is 17.8. The second-order valence-electron chi connectivity index (χ2n) is 7.77. The summed E-state index contributed by atoms with van der Waals surface area (Å²) in [5.41, 5.74) is 0.389. The van der Waals surface area contributed by atoms with Gasteiger partial charge in [-0.2, -0.15) is 5.10 Å². The number of fused-ring (bicyclic) bond motifs is 1. The Balaban J connectivity index is 1.68. The van der Waals surface area contributed by atoms with Crippen molar-refractivity contribution < 1.29 is 13.9 Å². The number of aliphatic hydroxyl groups is 1. The lowest BCUT2D eigenvalue weighted by molar-refractivity contribution is -0.00409. The van der Waals surface area contributed by atoms with E-state index >= 15 is 0 Å². The molecule has 5 aromatic rings. The van der Waals surface area contributed by atoms with Gasteiger partial charge >= 0.3 is 0 Å². The molecule has 0 radical (unpaired) electrons. The van der Waals surface area contributed by atoms with Crippen molar-refractivity contribution in [3.05, 3.63) is 102 Å². The smallest absolute Gasteiger partial charge is 0.141 e. The third-order valence-electron chi connectivity index (χ3n) is 5.50. The van der Waals surface area contributed by atoms with E-state index in [4.69, 9.17) is 16.6 Å². The van der Waals surface area contributed by atoms with Crippen LogP contribution in [0.4, 0.5) is 8.78 Å². The van der Waals surface area contributed by atoms with E-state index in [2.05, 4.69) is 10.1 Å². The molecule has 1 unspecified atom stereocenters. The van der Waals surface area contributed by atoms with Crippen LogP contribution in [0, 0.1) is 11.6 Å². The minimum absolute atomic E-state index is 0.0563. The highest BCUT2D eigenvalue weighted by atomic mass is 35.5. The molecule has 166 valence electrons. The number of nitrogens with zero attached hydrogens (tertiary/aromatic N) is 5. The van der Waals surface area contributed by atoms with Crippen LogP contribution < -0.4 is 0 Å². The van der Waals surface area contributed by atoms with Gasteiger partial charge < -0.3 is 9.67 Å². The van der Waals surface area contributed by atoms with E-state index in [1.807, 2.05) is 41.0 Å². The van der Waals surface area contributed by atoms with Crippen LogP contribution >= 0.6 is 11.6 Å². The average Bonchev–Trinajstić information content (AvgIpc) is 3.42. The summed E-state index contributed by atoms with van der Waals surface area (Å²) < 4.78 is 31.8. The number of hydrogen-bond donors (Lipinski definition) is 1. The Morgan fingerprint density at radius 2 is 1.76 bits per heavy atom. The average molecular weight is 466 g/mol. The lowest BCUT2D eigenvalue weighted by Crippen LogP contribution is -2.37. The summed E-state index contributed by atoms with van der Waals surface area (Å²) in [5.74, 6) is -1.00. The first-order valence-corrected chi connectivity index (χ1v) is 10.5. The number of rotatable bonds is 6. The largest absolute Gasteiger partial charge is 0.381 e. The van der Waals surface area contributed by atoms with Crippen LogP contribution in [0.1, 0.15) is 5.56 Å². The van der Waals surface area contributed by atoms with Crippen LogP contribution in [0.25, 0.3) is 22.4 Å². The molecule has 9 heteroatoms. The number of aromatic nitrogens is 5. The Hall–Kier alpha value is -3.62. The monoisotopic (exact) mass is 465 g/mol. The maximum atomic E-state index is 14.9. The molecule has 0 aliphatic carbocycles. The van der Waals surface area contributed by atoms with E-state index in [0.29, 0.717) is 16.4 Å². The number of para-hydroxylation sites is 2. The Morgan fingerprint density at radius 3 is 2.48 bits per heavy atom. The van der Waals surface area contributed by atoms with Crippen LogP contribution in [0.2, 0.25) is 5.02 Å². The van der Waals surface area contributed by atoms with Gasteiger partial charge in [-0.3, -0.25) is 0 Å². The highest BCUT2D eigenvalue weighted by molar-refractivity contribution is 6.30. The van der Waals surface area contributed by atoms with Crippen molar-refractivity contribution in [2.45, 2.75) is 18.7 Å². The van der Waals surface area contributed by atoms with Gasteiger partial charge in [0.25, 0.3) is 0 Å². The topological polar surface area (TPSA) is 68.8 Å². The molecule has 3 aromatic carbocycles. The number of imidazole rings is 1. The van der Waals surface area contributed by atoms with E-state index in [1.54, 1.807) is 12.1 Å². The maximum absolute atomic E-state index is 14.9. The first kappa shape index (κ1) is 21.2. The fraction of sp³-hybridized carbons (Fsp3) is 0.125. The fourth-order valence-corrected chi connectivity index (χ4v) is 4.11. The zero-order valence-corrected chi connectivity index (χ0v) is 18.0. The van der Waals surface area contributed by atoms with Gasteiger partial charge in [-0.25, -0.2) is 23.4 Å². The van der Waals surface area contributed by atoms with Crippen LogP contribution in [0.15, 0.2) is 79.4 Å². The van der Waals surface area contributed by atoms with Crippen molar-refractivity contribution in [3.63, 3.8) is 0 Å². The molecule has 2 heterocycles. The van der Waals surface area contributed by atoms with Crippen molar-refractivity contribution >= 4 is 22.6 Å². The van der Waals surface area contributed by atoms with E-state index in [0.717, 1.165) is 23.2 Å². The van der Waals surface area contributed by atoms with Crippen LogP contribution in [-0.4, -0.2) is 29.4 Å². The first-order valence-electron chi connectivity index (χ1n) is 10.1. The van der Waals surface area contributed by atoms with Gasteiger partial charge in [-0.1, -0.05) is 29.8 Å². The lowest BCUT2D eigenvalue weighted by atomic mass is 9.92. The highest BCUT2D eigenvalue weighted by Gasteiger charge is 2.35. The SMILES string of the molecule is OC(Cn1cncn1)(Cn1c(-c2ccc(Cl)cc2)nc2ccccc21)c1ccc(F)cc1F. The molecule has 0 bridgehead atoms. The van der Waals surface area contributed by atoms with E-state index in [9.17, 15) is 13.9 Å². The summed E-state index contributed by atoms with van der Waals surface area (Å²) in [6.07, 6.45) is 2.76. The second-order valence-corrected chi connectivity index (χ2v) is 8.20. The van der Waals surface area contributed by atoms with E-state index in [-0.39, 0.29) is 18.7 Å². The van der Waals surface area contributed by atoms with Crippen molar-refractivity contribution in [3.8, 4) is 11.4 Å². The van der Waals surface area contributed by atoms with Gasteiger partial charge in [0.05, 0.1) is 24.1 Å². The molecule has 0 saturated carbocycles. The molecule has 0 fully saturated rings. The molecule has 0 spiro atoms. The normalized spacial score (nSPS) is 13.3. The molecule has 2 aromatic heterocycles. The number of halogens is 3. The van der Waals surface area contributed by atoms with Crippen LogP contribution in [0.5, 0.6) is 0 Å². The van der Waals surface area contributed by atoms with Crippen molar-refractivity contribution in [2.75, 3.05) is 0 Å². The van der Waals surface area contributed by atoms with Crippen LogP contribution in [0.3, 0.4) is 0 Å². The molecular formula is C24H18ClF2N5O. The van der Waals surface area contributed by atoms with E-state index in [1.165, 1.54) is 23.4 Å². The Labute approximate surface area is 192 Å². The minimum Gasteiger partial charge on any atom is -0.381 e. The van der Waals surface area contributed by atoms with Gasteiger partial charge in [-0.05, 0) is 42.5 Å². The third kappa shape index (κ3) is 4.10. The quantitative estimate of drug-likeness (QED) is 0.390. The molecule has 5 rings (SSSR count). The first-order chi connectivity index (χ1) is 15.9. The Bertz CT molecular complexity index is 1420. The molecular weight excluding hydrogens is 448 g/mol. The molecule has 0 aliphatic heterocycles. The Morgan fingerprint density at radius 1 is 0.970 bits per heavy atom. The molecule has 0 amide bonds. The standard InChI is InChI=1S/C24H18ClF2N5O/c25-17-7-5-16(6-8-17)23-30-21-3-1-2-4-22(21)32(23)13-24(33,12-31-15-28-14-29-31)19-10-9-18(26)11-20(19)27/h1-11,14-15,33H,12-13H2. The highest BCUT2D eigenvalue weighted by Crippen LogP contribution is 2.33. The van der Waals surface area contributed by atoms with Crippen molar-refractivity contribution in [2.24, 2.45) is 0 Å². The van der Waals surface area contributed by atoms with Gasteiger partial charge in [0.2, 0.25) is 0 Å². The van der Waals surface area contributed by atoms with Crippen molar-refractivity contribution in [1.29, 1.82) is 0 Å². The number of benzene rings is 3. The molecule has 0 saturated heterocycles. The lowest BCUT2D eigenvalue weighted by Gasteiger charge is -2.30. The fourth-order valence-electron chi connectivity index (χ4n) is 3.99. The summed E-state index contributed by atoms with van der Waals surface area (Å²) in [4.78, 5) is 8.66.